The normalized spacial score (nSPS) is 16.9. The van der Waals surface area contributed by atoms with Crippen molar-refractivity contribution in [3.8, 4) is 0 Å². The molecule has 0 unspecified atom stereocenters. The van der Waals surface area contributed by atoms with Gasteiger partial charge in [-0.25, -0.2) is 18.3 Å². The number of hydrogen-bond donors (Lipinski definition) is 0. The molecule has 10 rings (SSSR count). The monoisotopic (exact) mass is 1570 g/mol. The number of rotatable bonds is 35. The van der Waals surface area contributed by atoms with Gasteiger partial charge in [0, 0.05) is 46.6 Å². The maximum atomic E-state index is 16.4. The zero-order valence-corrected chi connectivity index (χ0v) is 61.2. The van der Waals surface area contributed by atoms with Crippen molar-refractivity contribution in [2.24, 2.45) is 0 Å². The van der Waals surface area contributed by atoms with E-state index in [-0.39, 0.29) is 19.8 Å². The highest BCUT2D eigenvalue weighted by molar-refractivity contribution is 7.49. The first-order chi connectivity index (χ1) is 47.1. The number of phosphoric acid groups is 4. The van der Waals surface area contributed by atoms with E-state index >= 15 is 18.3 Å². The molecule has 98 heavy (non-hydrogen) atoms. The third kappa shape index (κ3) is 24.2. The van der Waals surface area contributed by atoms with Crippen LogP contribution in [0.2, 0.25) is 40.2 Å². The molecule has 9 aromatic carbocycles. The van der Waals surface area contributed by atoms with E-state index in [1.807, 2.05) is 0 Å². The van der Waals surface area contributed by atoms with Gasteiger partial charge in [-0.3, -0.25) is 54.3 Å². The van der Waals surface area contributed by atoms with Crippen LogP contribution < -0.4 is 0 Å². The number of halogens is 8. The summed E-state index contributed by atoms with van der Waals surface area (Å²) in [6, 6.07) is 60.6. The Kier molecular flexibility index (Phi) is 28.6. The molecule has 9 aromatic rings. The lowest BCUT2D eigenvalue weighted by molar-refractivity contribution is -0.189. The van der Waals surface area contributed by atoms with E-state index in [1.165, 1.54) is 0 Å². The second kappa shape index (κ2) is 36.7. The Bertz CT molecular complexity index is 3970. The van der Waals surface area contributed by atoms with Crippen LogP contribution in [0, 0.1) is 0 Å². The van der Waals surface area contributed by atoms with Gasteiger partial charge in [0.25, 0.3) is 0 Å². The Labute approximate surface area is 607 Å². The van der Waals surface area contributed by atoms with Crippen LogP contribution in [0.4, 0.5) is 0 Å². The van der Waals surface area contributed by atoms with Crippen molar-refractivity contribution >= 4 is 124 Å². The largest absolute Gasteiger partial charge is 0.475 e. The van der Waals surface area contributed by atoms with E-state index in [0.29, 0.717) is 90.3 Å². The van der Waals surface area contributed by atoms with Crippen LogP contribution in [0.1, 0.15) is 56.5 Å². The molecule has 0 aliphatic heterocycles. The van der Waals surface area contributed by atoms with Crippen LogP contribution in [0.5, 0.6) is 0 Å². The van der Waals surface area contributed by atoms with Crippen molar-refractivity contribution < 1.29 is 77.3 Å². The topological polar surface area (TPSA) is 188 Å². The molecule has 0 amide bonds. The summed E-state index contributed by atoms with van der Waals surface area (Å²) in [5.74, 6) is 0. The number of phosphoric ester groups is 4. The molecule has 29 heteroatoms. The SMILES string of the molecule is O=P(OCc1ccc(Cl)cc1)(OCc1ccc(Cl)cc1)O[C@@H]1[C@@H](OCc2ccccc2)[C@H](OP(=O)(OCc2ccc(Cl)cc2)OCc2ccc(Cl)cc2)C[C@H](OP(=O)(OCc2ccc(Cl)cc2)OCc2ccc(Cl)cc2)[C@H]1OP(=O)(OCc1ccc(Cl)cc1)OCc1ccc(Cl)cc1. The standard InChI is InChI=1S/C69H62Cl8O17P4/c70-57-22-6-49(7-23-57)40-83-95(78,84-41-50-8-24-58(71)25-9-50)91-65-38-66(92-96(79,85-42-51-10-26-59(72)27-11-51)86-43-52-12-28-60(73)29-13-52)68(93-97(80,87-44-53-14-30-61(74)31-15-53)88-45-54-16-32-62(75)33-17-54)69(67(65)82-39-48-4-2-1-3-5-48)94-98(81,89-46-55-18-34-63(76)35-19-55)90-47-56-20-36-64(77)37-21-56/h1-37,65-69H,38-47H2/t65-,66+,67+,68-,69-/m1/s1. The molecule has 5 atom stereocenters. The maximum Gasteiger partial charge on any atom is 0.475 e. The minimum absolute atomic E-state index is 0.294. The van der Waals surface area contributed by atoms with Gasteiger partial charge in [0.05, 0.1) is 59.5 Å². The zero-order valence-electron chi connectivity index (χ0n) is 51.6. The molecule has 1 saturated carbocycles. The second-order valence-corrected chi connectivity index (χ2v) is 31.9. The van der Waals surface area contributed by atoms with Gasteiger partial charge in [-0.15, -0.1) is 0 Å². The fourth-order valence-electron chi connectivity index (χ4n) is 9.43. The van der Waals surface area contributed by atoms with Crippen molar-refractivity contribution in [1.29, 1.82) is 0 Å². The smallest absolute Gasteiger partial charge is 0.368 e. The molecule has 0 radical (unpaired) electrons. The van der Waals surface area contributed by atoms with Crippen molar-refractivity contribution in [2.75, 3.05) is 0 Å². The van der Waals surface area contributed by atoms with Gasteiger partial charge in [0.2, 0.25) is 0 Å². The minimum atomic E-state index is -5.24. The summed E-state index contributed by atoms with van der Waals surface area (Å²) in [6.07, 6.45) is -10.3. The number of ether oxygens (including phenoxy) is 1. The summed E-state index contributed by atoms with van der Waals surface area (Å²) < 4.78 is 150. The third-order valence-corrected chi connectivity index (χ3v) is 22.2. The van der Waals surface area contributed by atoms with Crippen molar-refractivity contribution in [3.63, 3.8) is 0 Å². The molecule has 0 saturated heterocycles. The summed E-state index contributed by atoms with van der Waals surface area (Å²) in [4.78, 5) is 0. The fourth-order valence-corrected chi connectivity index (χ4v) is 15.8. The van der Waals surface area contributed by atoms with Crippen molar-refractivity contribution in [1.82, 2.24) is 0 Å². The zero-order chi connectivity index (χ0) is 69.1. The van der Waals surface area contributed by atoms with Crippen LogP contribution in [-0.4, -0.2) is 30.5 Å². The van der Waals surface area contributed by atoms with E-state index in [2.05, 4.69) is 0 Å². The van der Waals surface area contributed by atoms with Gasteiger partial charge in [0.1, 0.15) is 30.5 Å². The first kappa shape index (κ1) is 76.3. The molecule has 0 N–H and O–H groups in total. The van der Waals surface area contributed by atoms with Crippen LogP contribution in [-0.2, 0) is 137 Å². The Hall–Kier alpha value is -4.30. The summed E-state index contributed by atoms with van der Waals surface area (Å²) in [5.41, 5.74) is 4.29. The summed E-state index contributed by atoms with van der Waals surface area (Å²) in [6.45, 7) is -3.72. The highest BCUT2D eigenvalue weighted by Crippen LogP contribution is 2.63. The van der Waals surface area contributed by atoms with Gasteiger partial charge in [-0.2, -0.15) is 0 Å². The number of hydrogen-bond acceptors (Lipinski definition) is 17. The Morgan fingerprint density at radius 3 is 0.663 bits per heavy atom. The predicted molar refractivity (Wildman–Crippen MR) is 379 cm³/mol. The molecular formula is C69H62Cl8O17P4. The van der Waals surface area contributed by atoms with Gasteiger partial charge in [-0.1, -0.05) is 220 Å². The molecular weight excluding hydrogens is 1510 g/mol. The van der Waals surface area contributed by atoms with E-state index in [4.69, 9.17) is 152 Å². The number of benzene rings is 9. The Balaban J connectivity index is 1.17. The van der Waals surface area contributed by atoms with Crippen LogP contribution in [0.3, 0.4) is 0 Å². The summed E-state index contributed by atoms with van der Waals surface area (Å²) in [7, 11) is -20.6. The molecule has 0 bridgehead atoms. The molecule has 0 aromatic heterocycles. The van der Waals surface area contributed by atoms with Crippen LogP contribution in [0.25, 0.3) is 0 Å². The van der Waals surface area contributed by atoms with Crippen LogP contribution in [0.15, 0.2) is 224 Å². The quantitative estimate of drug-likeness (QED) is 0.0341. The van der Waals surface area contributed by atoms with Crippen molar-refractivity contribution in [3.05, 3.63) is 315 Å². The Morgan fingerprint density at radius 2 is 0.429 bits per heavy atom. The highest BCUT2D eigenvalue weighted by Gasteiger charge is 2.58. The second-order valence-electron chi connectivity index (χ2n) is 21.9. The lowest BCUT2D eigenvalue weighted by atomic mass is 9.87. The lowest BCUT2D eigenvalue weighted by Crippen LogP contribution is -2.59. The van der Waals surface area contributed by atoms with Crippen molar-refractivity contribution in [2.45, 2.75) is 96.4 Å². The summed E-state index contributed by atoms with van der Waals surface area (Å²) in [5, 5.41) is 3.19. The molecule has 0 spiro atoms. The maximum absolute atomic E-state index is 16.4. The lowest BCUT2D eigenvalue weighted by Gasteiger charge is -2.46. The first-order valence-electron chi connectivity index (χ1n) is 30.0. The van der Waals surface area contributed by atoms with Crippen LogP contribution >= 0.6 is 124 Å². The molecule has 0 heterocycles. The molecule has 516 valence electrons. The molecule has 1 aliphatic rings. The first-order valence-corrected chi connectivity index (χ1v) is 38.9. The predicted octanol–water partition coefficient (Wildman–Crippen LogP) is 22.9. The van der Waals surface area contributed by atoms with Gasteiger partial charge in [-0.05, 0) is 147 Å². The average molecular weight is 1570 g/mol. The van der Waals surface area contributed by atoms with E-state index in [0.717, 1.165) is 0 Å². The third-order valence-electron chi connectivity index (χ3n) is 14.6. The fraction of sp³-hybridized carbons (Fsp3) is 0.217. The van der Waals surface area contributed by atoms with Gasteiger partial charge < -0.3 is 4.74 Å². The Morgan fingerprint density at radius 1 is 0.235 bits per heavy atom. The minimum Gasteiger partial charge on any atom is -0.368 e. The average Bonchev–Trinajstić information content (AvgIpc) is 0.758. The molecule has 17 nitrogen and oxygen atoms in total. The highest BCUT2D eigenvalue weighted by atomic mass is 35.5. The summed E-state index contributed by atoms with van der Waals surface area (Å²) >= 11 is 50.6. The molecule has 1 fully saturated rings. The van der Waals surface area contributed by atoms with E-state index < -0.39 is 108 Å². The molecule has 1 aliphatic carbocycles. The van der Waals surface area contributed by atoms with Gasteiger partial charge in [0.15, 0.2) is 0 Å². The van der Waals surface area contributed by atoms with E-state index in [1.54, 1.807) is 224 Å². The van der Waals surface area contributed by atoms with E-state index in [9.17, 15) is 0 Å². The van der Waals surface area contributed by atoms with Gasteiger partial charge >= 0.3 is 31.3 Å².